The van der Waals surface area contributed by atoms with Crippen LogP contribution in [0.1, 0.15) is 42.0 Å². The molecule has 0 spiro atoms. The average molecular weight is 300 g/mol. The van der Waals surface area contributed by atoms with Gasteiger partial charge in [-0.1, -0.05) is 37.6 Å². The Hall–Kier alpha value is -1.98. The summed E-state index contributed by atoms with van der Waals surface area (Å²) in [6.45, 7) is 6.69. The Labute approximate surface area is 130 Å². The molecule has 2 aromatic carbocycles. The van der Waals surface area contributed by atoms with Crippen LogP contribution in [-0.4, -0.2) is 0 Å². The molecule has 2 aromatic rings. The van der Waals surface area contributed by atoms with Crippen molar-refractivity contribution in [3.8, 4) is 11.8 Å². The molecule has 0 bridgehead atoms. The highest BCUT2D eigenvalue weighted by atomic mass is 35.5. The maximum Gasteiger partial charge on any atom is 0.123 e. The summed E-state index contributed by atoms with van der Waals surface area (Å²) in [5.74, 6) is 1.21. The van der Waals surface area contributed by atoms with Crippen LogP contribution in [0, 0.1) is 18.3 Å². The summed E-state index contributed by atoms with van der Waals surface area (Å²) < 4.78 is 5.90. The number of nitrogens with zero attached hydrogens (tertiary/aromatic N) is 1. The van der Waals surface area contributed by atoms with Crippen molar-refractivity contribution in [1.82, 2.24) is 0 Å². The van der Waals surface area contributed by atoms with Crippen molar-refractivity contribution >= 4 is 11.6 Å². The molecule has 0 unspecified atom stereocenters. The van der Waals surface area contributed by atoms with Crippen LogP contribution < -0.4 is 4.74 Å². The predicted octanol–water partition coefficient (Wildman–Crippen LogP) is 5.22. The molecule has 0 aliphatic carbocycles. The minimum atomic E-state index is 0.357. The van der Waals surface area contributed by atoms with E-state index in [4.69, 9.17) is 21.6 Å². The third-order valence-corrected chi connectivity index (χ3v) is 3.72. The van der Waals surface area contributed by atoms with E-state index in [2.05, 4.69) is 19.9 Å². The van der Waals surface area contributed by atoms with Crippen LogP contribution in [0.2, 0.25) is 5.02 Å². The Morgan fingerprint density at radius 2 is 1.86 bits per heavy atom. The van der Waals surface area contributed by atoms with E-state index >= 15 is 0 Å². The zero-order valence-corrected chi connectivity index (χ0v) is 13.2. The van der Waals surface area contributed by atoms with Gasteiger partial charge in [0, 0.05) is 5.02 Å². The molecule has 0 aromatic heterocycles. The molecular weight excluding hydrogens is 282 g/mol. The largest absolute Gasteiger partial charge is 0.489 e. The first kappa shape index (κ1) is 15.4. The molecule has 3 heteroatoms. The minimum Gasteiger partial charge on any atom is -0.489 e. The molecule has 108 valence electrons. The minimum absolute atomic E-state index is 0.357. The van der Waals surface area contributed by atoms with Crippen LogP contribution in [-0.2, 0) is 6.61 Å². The van der Waals surface area contributed by atoms with Crippen molar-refractivity contribution in [3.63, 3.8) is 0 Å². The van der Waals surface area contributed by atoms with E-state index in [1.807, 2.05) is 31.2 Å². The van der Waals surface area contributed by atoms with Crippen molar-refractivity contribution in [1.29, 1.82) is 5.26 Å². The Balaban J connectivity index is 2.15. The molecule has 0 aliphatic rings. The van der Waals surface area contributed by atoms with E-state index in [0.717, 1.165) is 27.5 Å². The van der Waals surface area contributed by atoms with E-state index in [1.165, 1.54) is 0 Å². The molecule has 0 heterocycles. The first-order chi connectivity index (χ1) is 10.0. The fourth-order valence-corrected chi connectivity index (χ4v) is 2.54. The van der Waals surface area contributed by atoms with Gasteiger partial charge in [0.25, 0.3) is 0 Å². The van der Waals surface area contributed by atoms with Crippen LogP contribution >= 0.6 is 11.6 Å². The zero-order chi connectivity index (χ0) is 15.4. The molecule has 0 saturated heterocycles. The van der Waals surface area contributed by atoms with E-state index in [1.54, 1.807) is 12.1 Å². The monoisotopic (exact) mass is 299 g/mol. The number of aryl methyl sites for hydroxylation is 1. The number of hydrogen-bond acceptors (Lipinski definition) is 2. The summed E-state index contributed by atoms with van der Waals surface area (Å²) in [6, 6.07) is 13.5. The van der Waals surface area contributed by atoms with Gasteiger partial charge in [-0.15, -0.1) is 0 Å². The molecule has 0 radical (unpaired) electrons. The highest BCUT2D eigenvalue weighted by Crippen LogP contribution is 2.31. The molecule has 0 saturated carbocycles. The zero-order valence-electron chi connectivity index (χ0n) is 12.5. The van der Waals surface area contributed by atoms with Gasteiger partial charge in [0.15, 0.2) is 0 Å². The van der Waals surface area contributed by atoms with Crippen LogP contribution in [0.4, 0.5) is 0 Å². The second-order valence-electron chi connectivity index (χ2n) is 5.39. The van der Waals surface area contributed by atoms with Crippen LogP contribution in [0.15, 0.2) is 36.4 Å². The summed E-state index contributed by atoms with van der Waals surface area (Å²) in [4.78, 5) is 0. The summed E-state index contributed by atoms with van der Waals surface area (Å²) in [7, 11) is 0. The fourth-order valence-electron chi connectivity index (χ4n) is 2.10. The normalized spacial score (nSPS) is 10.5. The summed E-state index contributed by atoms with van der Waals surface area (Å²) >= 11 is 6.26. The van der Waals surface area contributed by atoms with Gasteiger partial charge in [0.2, 0.25) is 0 Å². The van der Waals surface area contributed by atoms with Gasteiger partial charge in [-0.25, -0.2) is 0 Å². The molecule has 0 fully saturated rings. The van der Waals surface area contributed by atoms with Crippen LogP contribution in [0.5, 0.6) is 5.75 Å². The van der Waals surface area contributed by atoms with Gasteiger partial charge in [-0.05, 0) is 53.8 Å². The van der Waals surface area contributed by atoms with Gasteiger partial charge in [-0.2, -0.15) is 5.26 Å². The van der Waals surface area contributed by atoms with Crippen molar-refractivity contribution in [2.24, 2.45) is 0 Å². The standard InChI is InChI=1S/C18H18ClNO/c1-12(2)16-9-18(13(3)8-17(16)19)21-11-15-6-4-14(10-20)5-7-15/h4-9,12H,11H2,1-3H3. The Morgan fingerprint density at radius 1 is 1.19 bits per heavy atom. The van der Waals surface area contributed by atoms with Crippen molar-refractivity contribution < 1.29 is 4.74 Å². The smallest absolute Gasteiger partial charge is 0.123 e. The molecule has 2 nitrogen and oxygen atoms in total. The lowest BCUT2D eigenvalue weighted by molar-refractivity contribution is 0.303. The SMILES string of the molecule is Cc1cc(Cl)c(C(C)C)cc1OCc1ccc(C#N)cc1. The Bertz CT molecular complexity index is 669. The summed E-state index contributed by atoms with van der Waals surface area (Å²) in [5.41, 5.74) is 3.81. The van der Waals surface area contributed by atoms with Crippen molar-refractivity contribution in [2.45, 2.75) is 33.3 Å². The quantitative estimate of drug-likeness (QED) is 0.775. The maximum atomic E-state index is 8.79. The highest BCUT2D eigenvalue weighted by molar-refractivity contribution is 6.31. The molecule has 21 heavy (non-hydrogen) atoms. The first-order valence-corrected chi connectivity index (χ1v) is 7.31. The van der Waals surface area contributed by atoms with Gasteiger partial charge in [0.05, 0.1) is 11.6 Å². The maximum absolute atomic E-state index is 8.79. The molecule has 0 amide bonds. The van der Waals surface area contributed by atoms with Crippen LogP contribution in [0.25, 0.3) is 0 Å². The van der Waals surface area contributed by atoms with E-state index in [9.17, 15) is 0 Å². The molecule has 0 N–H and O–H groups in total. The summed E-state index contributed by atoms with van der Waals surface area (Å²) in [6.07, 6.45) is 0. The first-order valence-electron chi connectivity index (χ1n) is 6.93. The van der Waals surface area contributed by atoms with Gasteiger partial charge in [0.1, 0.15) is 12.4 Å². The van der Waals surface area contributed by atoms with Gasteiger partial charge >= 0.3 is 0 Å². The third kappa shape index (κ3) is 3.77. The van der Waals surface area contributed by atoms with E-state index < -0.39 is 0 Å². The topological polar surface area (TPSA) is 33.0 Å². The second-order valence-corrected chi connectivity index (χ2v) is 5.80. The number of halogens is 1. The third-order valence-electron chi connectivity index (χ3n) is 3.39. The highest BCUT2D eigenvalue weighted by Gasteiger charge is 2.10. The summed E-state index contributed by atoms with van der Waals surface area (Å²) in [5, 5.41) is 9.57. The number of nitriles is 1. The Morgan fingerprint density at radius 3 is 2.43 bits per heavy atom. The van der Waals surface area contributed by atoms with E-state index in [-0.39, 0.29) is 0 Å². The lowest BCUT2D eigenvalue weighted by Crippen LogP contribution is -1.99. The fraction of sp³-hybridized carbons (Fsp3) is 0.278. The molecule has 0 aliphatic heterocycles. The van der Waals surface area contributed by atoms with Crippen molar-refractivity contribution in [2.75, 3.05) is 0 Å². The van der Waals surface area contributed by atoms with Crippen LogP contribution in [0.3, 0.4) is 0 Å². The number of benzene rings is 2. The molecule has 0 atom stereocenters. The predicted molar refractivity (Wildman–Crippen MR) is 85.8 cm³/mol. The second kappa shape index (κ2) is 6.65. The lowest BCUT2D eigenvalue weighted by atomic mass is 10.0. The van der Waals surface area contributed by atoms with Crippen molar-refractivity contribution in [3.05, 3.63) is 63.7 Å². The number of hydrogen-bond donors (Lipinski definition) is 0. The number of rotatable bonds is 4. The van der Waals surface area contributed by atoms with Gasteiger partial charge < -0.3 is 4.74 Å². The Kier molecular flexibility index (Phi) is 4.88. The lowest BCUT2D eigenvalue weighted by Gasteiger charge is -2.14. The van der Waals surface area contributed by atoms with Gasteiger partial charge in [-0.3, -0.25) is 0 Å². The molecular formula is C18H18ClNO. The molecule has 2 rings (SSSR count). The van der Waals surface area contributed by atoms with E-state index in [0.29, 0.717) is 18.1 Å². The number of ether oxygens (including phenoxy) is 1. The average Bonchev–Trinajstić information content (AvgIpc) is 2.46.